The number of nitrogens with one attached hydrogen (secondary N) is 1. The van der Waals surface area contributed by atoms with Crippen LogP contribution in [-0.2, 0) is 9.53 Å². The van der Waals surface area contributed by atoms with Gasteiger partial charge in [0.25, 0.3) is 0 Å². The van der Waals surface area contributed by atoms with Gasteiger partial charge in [-0.1, -0.05) is 30.0 Å². The van der Waals surface area contributed by atoms with Crippen molar-refractivity contribution in [1.82, 2.24) is 15.3 Å². The van der Waals surface area contributed by atoms with E-state index in [9.17, 15) is 4.79 Å². The van der Waals surface area contributed by atoms with Crippen molar-refractivity contribution in [1.29, 1.82) is 0 Å². The summed E-state index contributed by atoms with van der Waals surface area (Å²) in [5.41, 5.74) is 0.898. The van der Waals surface area contributed by atoms with Crippen molar-refractivity contribution in [2.45, 2.75) is 24.0 Å². The number of carbonyl (C=O) groups is 1. The minimum atomic E-state index is 0.0122. The Balaban J connectivity index is 1.54. The number of thioether (sulfide) groups is 1. The van der Waals surface area contributed by atoms with Crippen molar-refractivity contribution in [2.24, 2.45) is 0 Å². The summed E-state index contributed by atoms with van der Waals surface area (Å²) in [6.45, 7) is 1.41. The van der Waals surface area contributed by atoms with Gasteiger partial charge in [-0.25, -0.2) is 9.97 Å². The van der Waals surface area contributed by atoms with Gasteiger partial charge < -0.3 is 10.1 Å². The van der Waals surface area contributed by atoms with Crippen molar-refractivity contribution in [3.05, 3.63) is 30.6 Å². The van der Waals surface area contributed by atoms with E-state index in [2.05, 4.69) is 15.3 Å². The third kappa shape index (κ3) is 3.71. The zero-order valence-electron chi connectivity index (χ0n) is 11.6. The number of rotatable bonds is 5. The van der Waals surface area contributed by atoms with E-state index in [1.54, 1.807) is 0 Å². The molecule has 5 nitrogen and oxygen atoms in total. The molecule has 0 aliphatic carbocycles. The van der Waals surface area contributed by atoms with E-state index in [0.29, 0.717) is 12.3 Å². The Labute approximate surface area is 127 Å². The van der Waals surface area contributed by atoms with Gasteiger partial charge in [0.2, 0.25) is 5.91 Å². The van der Waals surface area contributed by atoms with Gasteiger partial charge in [-0.05, 0) is 18.9 Å². The molecule has 1 aliphatic heterocycles. The predicted octanol–water partition coefficient (Wildman–Crippen LogP) is 2.02. The summed E-state index contributed by atoms with van der Waals surface area (Å²) in [5, 5.41) is 4.74. The number of aromatic nitrogens is 2. The Bertz CT molecular complexity index is 624. The molecule has 2 aromatic rings. The van der Waals surface area contributed by atoms with Crippen molar-refractivity contribution in [3.8, 4) is 0 Å². The molecular weight excluding hydrogens is 286 g/mol. The van der Waals surface area contributed by atoms with Crippen LogP contribution in [0.15, 0.2) is 35.6 Å². The standard InChI is InChI=1S/C15H17N3O2S/c19-14(16-8-11-4-3-7-20-11)9-21-15-12-5-1-2-6-13(12)17-10-18-15/h1-2,5-6,10-11H,3-4,7-9H2,(H,16,19). The molecule has 0 radical (unpaired) electrons. The minimum absolute atomic E-state index is 0.0122. The Morgan fingerprint density at radius 2 is 2.29 bits per heavy atom. The second kappa shape index (κ2) is 6.87. The first kappa shape index (κ1) is 14.3. The van der Waals surface area contributed by atoms with Crippen LogP contribution in [0.4, 0.5) is 0 Å². The van der Waals surface area contributed by atoms with Gasteiger partial charge in [0.15, 0.2) is 0 Å². The number of ether oxygens (including phenoxy) is 1. The van der Waals surface area contributed by atoms with E-state index in [4.69, 9.17) is 4.74 Å². The monoisotopic (exact) mass is 303 g/mol. The van der Waals surface area contributed by atoms with Gasteiger partial charge in [0.05, 0.1) is 17.4 Å². The van der Waals surface area contributed by atoms with E-state index in [0.717, 1.165) is 35.4 Å². The summed E-state index contributed by atoms with van der Waals surface area (Å²) in [6.07, 6.45) is 3.83. The molecule has 1 saturated heterocycles. The summed E-state index contributed by atoms with van der Waals surface area (Å²) < 4.78 is 5.48. The lowest BCUT2D eigenvalue weighted by Crippen LogP contribution is -2.32. The summed E-state index contributed by atoms with van der Waals surface area (Å²) in [7, 11) is 0. The van der Waals surface area contributed by atoms with E-state index in [-0.39, 0.29) is 12.0 Å². The fraction of sp³-hybridized carbons (Fsp3) is 0.400. The molecule has 6 heteroatoms. The van der Waals surface area contributed by atoms with Crippen LogP contribution in [0, 0.1) is 0 Å². The Kier molecular flexibility index (Phi) is 4.67. The normalized spacial score (nSPS) is 18.0. The zero-order chi connectivity index (χ0) is 14.5. The molecule has 21 heavy (non-hydrogen) atoms. The number of benzene rings is 1. The molecule has 1 aromatic carbocycles. The van der Waals surface area contributed by atoms with Gasteiger partial charge >= 0.3 is 0 Å². The first-order valence-electron chi connectivity index (χ1n) is 7.04. The zero-order valence-corrected chi connectivity index (χ0v) is 12.4. The average molecular weight is 303 g/mol. The maximum absolute atomic E-state index is 11.9. The van der Waals surface area contributed by atoms with Crippen LogP contribution in [0.5, 0.6) is 0 Å². The van der Waals surface area contributed by atoms with Crippen molar-refractivity contribution < 1.29 is 9.53 Å². The summed E-state index contributed by atoms with van der Waals surface area (Å²) in [5.74, 6) is 0.367. The first-order chi connectivity index (χ1) is 10.3. The number of fused-ring (bicyclic) bond motifs is 1. The second-order valence-electron chi connectivity index (χ2n) is 4.92. The third-order valence-corrected chi connectivity index (χ3v) is 4.40. The molecule has 1 N–H and O–H groups in total. The van der Waals surface area contributed by atoms with Gasteiger partial charge in [-0.3, -0.25) is 4.79 Å². The molecule has 0 bridgehead atoms. The van der Waals surface area contributed by atoms with E-state index >= 15 is 0 Å². The molecule has 110 valence electrons. The fourth-order valence-corrected chi connectivity index (χ4v) is 3.13. The Morgan fingerprint density at radius 3 is 3.14 bits per heavy atom. The molecule has 0 saturated carbocycles. The predicted molar refractivity (Wildman–Crippen MR) is 82.2 cm³/mol. The maximum Gasteiger partial charge on any atom is 0.230 e. The largest absolute Gasteiger partial charge is 0.376 e. The topological polar surface area (TPSA) is 64.1 Å². The van der Waals surface area contributed by atoms with E-state index in [1.807, 2.05) is 24.3 Å². The molecule has 2 heterocycles. The molecule has 3 rings (SSSR count). The van der Waals surface area contributed by atoms with Crippen molar-refractivity contribution >= 4 is 28.6 Å². The first-order valence-corrected chi connectivity index (χ1v) is 8.02. The van der Waals surface area contributed by atoms with Crippen LogP contribution >= 0.6 is 11.8 Å². The minimum Gasteiger partial charge on any atom is -0.376 e. The summed E-state index contributed by atoms with van der Waals surface area (Å²) in [4.78, 5) is 20.4. The quantitative estimate of drug-likeness (QED) is 0.676. The van der Waals surface area contributed by atoms with Crippen LogP contribution in [0.2, 0.25) is 0 Å². The number of carbonyl (C=O) groups excluding carboxylic acids is 1. The molecule has 1 fully saturated rings. The summed E-state index contributed by atoms with van der Waals surface area (Å²) >= 11 is 1.44. The van der Waals surface area contributed by atoms with Crippen LogP contribution < -0.4 is 5.32 Å². The van der Waals surface area contributed by atoms with Crippen LogP contribution in [0.25, 0.3) is 10.9 Å². The van der Waals surface area contributed by atoms with E-state index in [1.165, 1.54) is 18.1 Å². The highest BCUT2D eigenvalue weighted by molar-refractivity contribution is 8.00. The lowest BCUT2D eigenvalue weighted by atomic mass is 10.2. The molecule has 0 spiro atoms. The number of hydrogen-bond donors (Lipinski definition) is 1. The number of amides is 1. The highest BCUT2D eigenvalue weighted by Crippen LogP contribution is 2.23. The summed E-state index contributed by atoms with van der Waals surface area (Å²) in [6, 6.07) is 7.81. The molecular formula is C15H17N3O2S. The van der Waals surface area contributed by atoms with E-state index < -0.39 is 0 Å². The van der Waals surface area contributed by atoms with Gasteiger partial charge in [0.1, 0.15) is 11.4 Å². The second-order valence-corrected chi connectivity index (χ2v) is 5.89. The van der Waals surface area contributed by atoms with Gasteiger partial charge in [0, 0.05) is 18.5 Å². The number of nitrogens with zero attached hydrogens (tertiary/aromatic N) is 2. The Hall–Kier alpha value is -1.66. The smallest absolute Gasteiger partial charge is 0.230 e. The van der Waals surface area contributed by atoms with Crippen molar-refractivity contribution in [3.63, 3.8) is 0 Å². The molecule has 1 amide bonds. The lowest BCUT2D eigenvalue weighted by molar-refractivity contribution is -0.119. The average Bonchev–Trinajstić information content (AvgIpc) is 3.04. The fourth-order valence-electron chi connectivity index (χ4n) is 2.31. The van der Waals surface area contributed by atoms with Gasteiger partial charge in [-0.2, -0.15) is 0 Å². The maximum atomic E-state index is 11.9. The molecule has 1 atom stereocenters. The highest BCUT2D eigenvalue weighted by atomic mass is 32.2. The Morgan fingerprint density at radius 1 is 1.38 bits per heavy atom. The molecule has 1 aliphatic rings. The third-order valence-electron chi connectivity index (χ3n) is 3.40. The lowest BCUT2D eigenvalue weighted by Gasteiger charge is -2.10. The molecule has 1 aromatic heterocycles. The number of hydrogen-bond acceptors (Lipinski definition) is 5. The molecule has 1 unspecified atom stereocenters. The highest BCUT2D eigenvalue weighted by Gasteiger charge is 2.16. The van der Waals surface area contributed by atoms with Gasteiger partial charge in [-0.15, -0.1) is 0 Å². The van der Waals surface area contributed by atoms with Crippen molar-refractivity contribution in [2.75, 3.05) is 18.9 Å². The number of para-hydroxylation sites is 1. The SMILES string of the molecule is O=C(CSc1ncnc2ccccc12)NCC1CCCO1. The van der Waals surface area contributed by atoms with Crippen LogP contribution in [0.1, 0.15) is 12.8 Å². The van der Waals surface area contributed by atoms with Crippen LogP contribution in [0.3, 0.4) is 0 Å². The van der Waals surface area contributed by atoms with Crippen LogP contribution in [-0.4, -0.2) is 40.9 Å².